The predicted octanol–water partition coefficient (Wildman–Crippen LogP) is 1.32. The lowest BCUT2D eigenvalue weighted by molar-refractivity contribution is 0.160. The molecule has 1 unspecified atom stereocenters. The van der Waals surface area contributed by atoms with Gasteiger partial charge in [0.15, 0.2) is 0 Å². The Morgan fingerprint density at radius 3 is 2.53 bits per heavy atom. The highest BCUT2D eigenvalue weighted by atomic mass is 16.2. The molecule has 0 amide bonds. The molecule has 1 aliphatic heterocycles. The third-order valence-corrected chi connectivity index (χ3v) is 4.63. The average Bonchev–Trinajstić information content (AvgIpc) is 2.74. The molecule has 0 radical (unpaired) electrons. The van der Waals surface area contributed by atoms with E-state index in [4.69, 9.17) is 0 Å². The number of hydrogen-bond donors (Lipinski definition) is 2. The van der Waals surface area contributed by atoms with Gasteiger partial charge in [-0.05, 0) is 56.7 Å². The topological polar surface area (TPSA) is 35.5 Å². The fourth-order valence-corrected chi connectivity index (χ4v) is 3.42. The summed E-state index contributed by atoms with van der Waals surface area (Å²) < 4.78 is 0. The highest BCUT2D eigenvalue weighted by Gasteiger charge is 2.32. The first-order chi connectivity index (χ1) is 9.24. The van der Waals surface area contributed by atoms with Crippen LogP contribution < -0.4 is 5.32 Å². The molecule has 1 heterocycles. The van der Waals surface area contributed by atoms with E-state index in [0.717, 1.165) is 19.5 Å². The van der Waals surface area contributed by atoms with Gasteiger partial charge in [0.2, 0.25) is 0 Å². The van der Waals surface area contributed by atoms with Gasteiger partial charge in [-0.3, -0.25) is 0 Å². The quantitative estimate of drug-likeness (QED) is 0.782. The van der Waals surface area contributed by atoms with Gasteiger partial charge in [0, 0.05) is 12.1 Å². The molecule has 1 fully saturated rings. The molecule has 0 bridgehead atoms. The molecule has 2 N–H and O–H groups in total. The maximum atomic E-state index is 9.58. The van der Waals surface area contributed by atoms with Gasteiger partial charge in [0.1, 0.15) is 0 Å². The van der Waals surface area contributed by atoms with Crippen LogP contribution in [-0.4, -0.2) is 42.1 Å². The van der Waals surface area contributed by atoms with E-state index in [2.05, 4.69) is 34.4 Å². The van der Waals surface area contributed by atoms with Gasteiger partial charge in [0.25, 0.3) is 0 Å². The van der Waals surface area contributed by atoms with Crippen molar-refractivity contribution in [3.8, 4) is 0 Å². The molecular formula is C15H23BN2O. The minimum absolute atomic E-state index is 0.283. The summed E-state index contributed by atoms with van der Waals surface area (Å²) in [6, 6.07) is 9.95. The van der Waals surface area contributed by atoms with Crippen molar-refractivity contribution in [3.05, 3.63) is 35.4 Å². The lowest BCUT2D eigenvalue weighted by atomic mass is 9.77. The largest absolute Gasteiger partial charge is 0.437 e. The van der Waals surface area contributed by atoms with Crippen LogP contribution in [-0.2, 0) is 12.8 Å². The van der Waals surface area contributed by atoms with Gasteiger partial charge in [-0.15, -0.1) is 0 Å². The SMILES string of the molecule is CB(O)N1CCC1CCNC1Cc2ccccc2C1. The normalized spacial score (nSPS) is 23.2. The summed E-state index contributed by atoms with van der Waals surface area (Å²) in [6.45, 7) is 3.98. The molecular weight excluding hydrogens is 235 g/mol. The zero-order valence-corrected chi connectivity index (χ0v) is 11.7. The second-order valence-electron chi connectivity index (χ2n) is 5.93. The lowest BCUT2D eigenvalue weighted by Crippen LogP contribution is -2.55. The van der Waals surface area contributed by atoms with Crippen LogP contribution in [0.15, 0.2) is 24.3 Å². The Balaban J connectivity index is 1.41. The standard InChI is InChI=1S/C15H23BN2O/c1-16(19)18-9-7-15(18)6-8-17-14-10-12-4-2-3-5-13(12)11-14/h2-5,14-15,17,19H,6-11H2,1H3. The first-order valence-corrected chi connectivity index (χ1v) is 7.48. The van der Waals surface area contributed by atoms with Crippen LogP contribution >= 0.6 is 0 Å². The predicted molar refractivity (Wildman–Crippen MR) is 79.2 cm³/mol. The number of rotatable bonds is 5. The second kappa shape index (κ2) is 5.65. The van der Waals surface area contributed by atoms with E-state index in [9.17, 15) is 5.02 Å². The molecule has 19 heavy (non-hydrogen) atoms. The van der Waals surface area contributed by atoms with Gasteiger partial charge in [-0.1, -0.05) is 24.3 Å². The van der Waals surface area contributed by atoms with Crippen LogP contribution in [0.4, 0.5) is 0 Å². The number of benzene rings is 1. The Morgan fingerprint density at radius 2 is 2.00 bits per heavy atom. The first kappa shape index (κ1) is 13.2. The molecule has 3 nitrogen and oxygen atoms in total. The third-order valence-electron chi connectivity index (χ3n) is 4.63. The fourth-order valence-electron chi connectivity index (χ4n) is 3.42. The molecule has 4 heteroatoms. The Morgan fingerprint density at radius 1 is 1.32 bits per heavy atom. The van der Waals surface area contributed by atoms with E-state index in [1.54, 1.807) is 0 Å². The summed E-state index contributed by atoms with van der Waals surface area (Å²) in [7, 11) is -0.283. The van der Waals surface area contributed by atoms with E-state index in [-0.39, 0.29) is 7.05 Å². The van der Waals surface area contributed by atoms with Gasteiger partial charge >= 0.3 is 7.05 Å². The second-order valence-corrected chi connectivity index (χ2v) is 5.93. The van der Waals surface area contributed by atoms with Crippen LogP contribution in [0.2, 0.25) is 6.82 Å². The highest BCUT2D eigenvalue weighted by molar-refractivity contribution is 6.45. The van der Waals surface area contributed by atoms with E-state index in [1.807, 2.05) is 6.82 Å². The summed E-state index contributed by atoms with van der Waals surface area (Å²) >= 11 is 0. The van der Waals surface area contributed by atoms with E-state index in [0.29, 0.717) is 12.1 Å². The zero-order chi connectivity index (χ0) is 13.2. The molecule has 2 aliphatic rings. The van der Waals surface area contributed by atoms with Gasteiger partial charge in [-0.25, -0.2) is 0 Å². The number of nitrogens with one attached hydrogen (secondary N) is 1. The van der Waals surface area contributed by atoms with Crippen LogP contribution in [0.1, 0.15) is 24.0 Å². The molecule has 0 saturated carbocycles. The summed E-state index contributed by atoms with van der Waals surface area (Å²) in [4.78, 5) is 2.19. The first-order valence-electron chi connectivity index (χ1n) is 7.48. The van der Waals surface area contributed by atoms with Crippen molar-refractivity contribution < 1.29 is 5.02 Å². The minimum atomic E-state index is -0.283. The summed E-state index contributed by atoms with van der Waals surface area (Å²) in [6.07, 6.45) is 4.72. The molecule has 1 saturated heterocycles. The molecule has 1 aromatic carbocycles. The van der Waals surface area contributed by atoms with Crippen LogP contribution in [0.5, 0.6) is 0 Å². The minimum Gasteiger partial charge on any atom is -0.437 e. The van der Waals surface area contributed by atoms with Crippen molar-refractivity contribution in [1.82, 2.24) is 10.1 Å². The van der Waals surface area contributed by atoms with Crippen LogP contribution in [0.25, 0.3) is 0 Å². The van der Waals surface area contributed by atoms with Gasteiger partial charge in [-0.2, -0.15) is 0 Å². The Bertz CT molecular complexity index is 413. The number of fused-ring (bicyclic) bond motifs is 1. The van der Waals surface area contributed by atoms with Crippen molar-refractivity contribution >= 4 is 7.05 Å². The zero-order valence-electron chi connectivity index (χ0n) is 11.7. The van der Waals surface area contributed by atoms with Crippen molar-refractivity contribution in [3.63, 3.8) is 0 Å². The maximum absolute atomic E-state index is 9.58. The summed E-state index contributed by atoms with van der Waals surface area (Å²) in [5.74, 6) is 0. The maximum Gasteiger partial charge on any atom is 0.376 e. The van der Waals surface area contributed by atoms with Gasteiger partial charge in [0.05, 0.1) is 0 Å². The lowest BCUT2D eigenvalue weighted by Gasteiger charge is -2.42. The Kier molecular flexibility index (Phi) is 3.92. The van der Waals surface area contributed by atoms with Crippen molar-refractivity contribution in [2.24, 2.45) is 0 Å². The van der Waals surface area contributed by atoms with Crippen LogP contribution in [0.3, 0.4) is 0 Å². The van der Waals surface area contributed by atoms with Crippen molar-refractivity contribution in [2.45, 2.75) is 44.6 Å². The number of nitrogens with zero attached hydrogens (tertiary/aromatic N) is 1. The van der Waals surface area contributed by atoms with Crippen molar-refractivity contribution in [2.75, 3.05) is 13.1 Å². The van der Waals surface area contributed by atoms with Gasteiger partial charge < -0.3 is 15.2 Å². The molecule has 0 aromatic heterocycles. The summed E-state index contributed by atoms with van der Waals surface area (Å²) in [5.41, 5.74) is 3.02. The fraction of sp³-hybridized carbons (Fsp3) is 0.600. The Labute approximate surface area is 116 Å². The highest BCUT2D eigenvalue weighted by Crippen LogP contribution is 2.23. The van der Waals surface area contributed by atoms with Crippen molar-refractivity contribution in [1.29, 1.82) is 0 Å². The molecule has 1 aliphatic carbocycles. The molecule has 1 atom stereocenters. The van der Waals surface area contributed by atoms with E-state index >= 15 is 0 Å². The third kappa shape index (κ3) is 2.86. The molecule has 1 aromatic rings. The monoisotopic (exact) mass is 258 g/mol. The van der Waals surface area contributed by atoms with E-state index < -0.39 is 0 Å². The van der Waals surface area contributed by atoms with E-state index in [1.165, 1.54) is 30.4 Å². The molecule has 0 spiro atoms. The molecule has 3 rings (SSSR count). The van der Waals surface area contributed by atoms with Crippen LogP contribution in [0, 0.1) is 0 Å². The Hall–Kier alpha value is -0.835. The number of hydrogen-bond acceptors (Lipinski definition) is 3. The summed E-state index contributed by atoms with van der Waals surface area (Å²) in [5, 5.41) is 13.3. The molecule has 102 valence electrons. The smallest absolute Gasteiger partial charge is 0.376 e. The average molecular weight is 258 g/mol.